The smallest absolute Gasteiger partial charge is 0.319 e. The maximum atomic E-state index is 17.1. The Kier molecular flexibility index (Phi) is 16.8. The molecule has 0 spiro atoms. The van der Waals surface area contributed by atoms with E-state index in [2.05, 4.69) is 52.7 Å². The maximum Gasteiger partial charge on any atom is 0.319 e. The van der Waals surface area contributed by atoms with E-state index < -0.39 is 53.1 Å². The first-order chi connectivity index (χ1) is 39.0. The van der Waals surface area contributed by atoms with E-state index in [4.69, 9.17) is 20.9 Å². The van der Waals surface area contributed by atoms with Gasteiger partial charge < -0.3 is 45.4 Å². The highest BCUT2D eigenvalue weighted by atomic mass is 19.1. The number of phenols is 1. The number of hydrogen-bond donors (Lipinski definition) is 5. The number of likely N-dealkylation sites (tertiary alicyclic amines) is 2. The number of hydrogen-bond acceptors (Lipinski definition) is 15. The van der Waals surface area contributed by atoms with Crippen LogP contribution < -0.4 is 25.6 Å². The van der Waals surface area contributed by atoms with Crippen molar-refractivity contribution in [3.05, 3.63) is 102 Å². The fourth-order valence-corrected chi connectivity index (χ4v) is 11.9. The lowest BCUT2D eigenvalue weighted by molar-refractivity contribution is -0.144. The number of halogens is 2. The summed E-state index contributed by atoms with van der Waals surface area (Å²) in [7, 11) is 0. The first kappa shape index (κ1) is 56.4. The number of nitriles is 1. The van der Waals surface area contributed by atoms with Gasteiger partial charge in [0.2, 0.25) is 17.7 Å². The zero-order valence-electron chi connectivity index (χ0n) is 45.9. The van der Waals surface area contributed by atoms with Gasteiger partial charge in [0.1, 0.15) is 53.4 Å². The lowest BCUT2D eigenvalue weighted by atomic mass is 9.85. The summed E-state index contributed by atoms with van der Waals surface area (Å²) < 4.78 is 44.5. The summed E-state index contributed by atoms with van der Waals surface area (Å²) in [6, 6.07) is 15.0. The van der Waals surface area contributed by atoms with E-state index in [1.807, 2.05) is 52.0 Å². The summed E-state index contributed by atoms with van der Waals surface area (Å²) >= 11 is 0. The van der Waals surface area contributed by atoms with Gasteiger partial charge in [0.15, 0.2) is 5.82 Å². The summed E-state index contributed by atoms with van der Waals surface area (Å²) in [6.45, 7) is 10.8. The SMILES string of the molecule is C#Cc1c(F)ccc2cc(O)cc(-c3ncc4c(N5CC6CCC(C5)N6)nc(OC[C@@H]5CCCN5CCCOCCC(=O)N[C@H](C(=O)N5C[C@H](O)C[C@H]5C(=O)N[C@@H](C)c5ccc(-c6ccncc6C#N)cc5)C(C)(C)C)nc4c3F)c12. The lowest BCUT2D eigenvalue weighted by Crippen LogP contribution is -2.58. The third kappa shape index (κ3) is 12.3. The number of ether oxygens (including phenoxy) is 2. The first-order valence-electron chi connectivity index (χ1n) is 27.7. The van der Waals surface area contributed by atoms with Gasteiger partial charge in [0.05, 0.1) is 35.3 Å². The Hall–Kier alpha value is -7.88. The van der Waals surface area contributed by atoms with Gasteiger partial charge in [-0.3, -0.25) is 29.3 Å². The molecule has 5 N–H and O–H groups in total. The summed E-state index contributed by atoms with van der Waals surface area (Å²) in [5, 5.41) is 41.6. The van der Waals surface area contributed by atoms with Gasteiger partial charge in [-0.05, 0) is 91.8 Å². The van der Waals surface area contributed by atoms with Crippen molar-refractivity contribution in [3.8, 4) is 52.6 Å². The molecule has 7 heterocycles. The molecular weight excluding hydrogens is 1040 g/mol. The molecular formula is C61H67F2N11O7. The highest BCUT2D eigenvalue weighted by Crippen LogP contribution is 2.40. The standard InChI is InChI=1S/C61H67F2N11O7/c1-6-45-49(62)17-14-38-25-43(75)26-47(52(38)45)54-53(63)55-48(30-66-54)57(73-31-40-15-16-41(32-73)68-40)71-60(70-55)81-34-42-9-7-21-72(42)22-8-23-80-24-19-51(77)69-56(61(3,4)5)59(79)74-33-44(76)27-50(74)58(78)67-35(2)36-10-12-37(13-11-36)46-18-20-65-29-39(46)28-64/h1,10-14,17-18,20,25-26,29-30,35,40-42,44,50,56,68,75-76H,7-9,15-16,19,21-24,27,31-34H2,2-5H3,(H,67,78)(H,69,77)/t35-,40?,41?,42-,44+,50-,56+/m0/s1. The minimum Gasteiger partial charge on any atom is -0.508 e. The molecule has 422 valence electrons. The van der Waals surface area contributed by atoms with Crippen LogP contribution in [0.5, 0.6) is 11.8 Å². The Bertz CT molecular complexity index is 3430. The van der Waals surface area contributed by atoms with Gasteiger partial charge in [-0.1, -0.05) is 57.0 Å². The Balaban J connectivity index is 0.732. The Morgan fingerprint density at radius 1 is 0.975 bits per heavy atom. The van der Waals surface area contributed by atoms with E-state index in [9.17, 15) is 29.9 Å². The Labute approximate surface area is 469 Å². The second-order valence-corrected chi connectivity index (χ2v) is 22.7. The molecule has 3 amide bonds. The van der Waals surface area contributed by atoms with Crippen LogP contribution in [-0.2, 0) is 19.1 Å². The molecule has 2 bridgehead atoms. The van der Waals surface area contributed by atoms with E-state index in [-0.39, 0.29) is 96.1 Å². The number of phenolic OH excluding ortho intramolecular Hbond substituents is 1. The molecule has 0 saturated carbocycles. The molecule has 18 nitrogen and oxygen atoms in total. The molecule has 6 aromatic rings. The maximum absolute atomic E-state index is 17.1. The number of terminal acetylenes is 1. The summed E-state index contributed by atoms with van der Waals surface area (Å²) in [4.78, 5) is 65.4. The van der Waals surface area contributed by atoms with E-state index in [0.717, 1.165) is 48.9 Å². The molecule has 4 aliphatic rings. The van der Waals surface area contributed by atoms with Crippen molar-refractivity contribution in [2.75, 3.05) is 57.4 Å². The van der Waals surface area contributed by atoms with Crippen LogP contribution in [0.4, 0.5) is 14.6 Å². The average molecular weight is 1100 g/mol. The fraction of sp³-hybridized carbons (Fsp3) is 0.443. The summed E-state index contributed by atoms with van der Waals surface area (Å²) in [5.41, 5.74) is 1.96. The normalized spacial score (nSPS) is 20.7. The van der Waals surface area contributed by atoms with Crippen molar-refractivity contribution < 1.29 is 42.9 Å². The van der Waals surface area contributed by atoms with Crippen molar-refractivity contribution in [1.82, 2.24) is 45.7 Å². The van der Waals surface area contributed by atoms with Crippen molar-refractivity contribution in [2.45, 2.75) is 115 Å². The predicted octanol–water partition coefficient (Wildman–Crippen LogP) is 6.69. The number of carbonyl (C=O) groups excluding carboxylic acids is 3. The molecule has 81 heavy (non-hydrogen) atoms. The molecule has 7 atom stereocenters. The van der Waals surface area contributed by atoms with Crippen LogP contribution in [0, 0.1) is 40.7 Å². The molecule has 4 fully saturated rings. The average Bonchev–Trinajstić information content (AvgIpc) is 4.22. The van der Waals surface area contributed by atoms with Crippen LogP contribution >= 0.6 is 0 Å². The van der Waals surface area contributed by atoms with E-state index in [1.165, 1.54) is 41.6 Å². The molecule has 4 saturated heterocycles. The Morgan fingerprint density at radius 3 is 2.49 bits per heavy atom. The van der Waals surface area contributed by atoms with Gasteiger partial charge in [-0.15, -0.1) is 6.42 Å². The van der Waals surface area contributed by atoms with Crippen molar-refractivity contribution in [2.24, 2.45) is 5.41 Å². The number of β-amino-alcohol motifs (C(OH)–C–C–N with tert-alkyl or cyclic N) is 1. The fourth-order valence-electron chi connectivity index (χ4n) is 11.9. The van der Waals surface area contributed by atoms with Gasteiger partial charge in [-0.2, -0.15) is 15.2 Å². The van der Waals surface area contributed by atoms with E-state index in [1.54, 1.807) is 12.3 Å². The Morgan fingerprint density at radius 2 is 1.75 bits per heavy atom. The molecule has 0 aliphatic carbocycles. The van der Waals surface area contributed by atoms with Crippen LogP contribution in [0.3, 0.4) is 0 Å². The van der Waals surface area contributed by atoms with Crippen LogP contribution in [0.25, 0.3) is 44.1 Å². The van der Waals surface area contributed by atoms with Gasteiger partial charge in [0, 0.05) is 98.9 Å². The number of piperazine rings is 1. The number of nitrogens with one attached hydrogen (secondary N) is 3. The minimum atomic E-state index is -0.992. The van der Waals surface area contributed by atoms with Crippen molar-refractivity contribution in [1.29, 1.82) is 5.26 Å². The molecule has 0 radical (unpaired) electrons. The zero-order chi connectivity index (χ0) is 57.1. The highest BCUT2D eigenvalue weighted by molar-refractivity contribution is 6.03. The van der Waals surface area contributed by atoms with Crippen LogP contribution in [0.2, 0.25) is 0 Å². The predicted molar refractivity (Wildman–Crippen MR) is 301 cm³/mol. The van der Waals surface area contributed by atoms with Gasteiger partial charge in [-0.25, -0.2) is 8.78 Å². The number of aromatic hydroxyl groups is 1. The topological polar surface area (TPSA) is 231 Å². The third-order valence-corrected chi connectivity index (χ3v) is 16.0. The number of carbonyl (C=O) groups is 3. The van der Waals surface area contributed by atoms with Crippen molar-refractivity contribution in [3.63, 3.8) is 0 Å². The number of fused-ring (bicyclic) bond motifs is 4. The number of rotatable bonds is 18. The second kappa shape index (κ2) is 24.1. The molecule has 4 aliphatic heterocycles. The largest absolute Gasteiger partial charge is 0.508 e. The van der Waals surface area contributed by atoms with Gasteiger partial charge in [0.25, 0.3) is 0 Å². The third-order valence-electron chi connectivity index (χ3n) is 16.0. The number of benzene rings is 3. The molecule has 3 aromatic heterocycles. The minimum absolute atomic E-state index is 0.00206. The van der Waals surface area contributed by atoms with Gasteiger partial charge >= 0.3 is 6.01 Å². The molecule has 3 aromatic carbocycles. The summed E-state index contributed by atoms with van der Waals surface area (Å²) in [5.74, 6) is 0.00695. The molecule has 2 unspecified atom stereocenters. The van der Waals surface area contributed by atoms with Crippen LogP contribution in [0.1, 0.15) is 95.4 Å². The second-order valence-electron chi connectivity index (χ2n) is 22.7. The highest BCUT2D eigenvalue weighted by Gasteiger charge is 2.45. The number of amides is 3. The van der Waals surface area contributed by atoms with E-state index in [0.29, 0.717) is 54.8 Å². The summed E-state index contributed by atoms with van der Waals surface area (Å²) in [6.07, 6.45) is 14.0. The lowest BCUT2D eigenvalue weighted by Gasteiger charge is -2.35. The zero-order valence-corrected chi connectivity index (χ0v) is 45.9. The molecule has 20 heteroatoms. The number of nitrogens with zero attached hydrogens (tertiary/aromatic N) is 8. The van der Waals surface area contributed by atoms with Crippen molar-refractivity contribution >= 4 is 45.2 Å². The number of pyridine rings is 2. The van der Waals surface area contributed by atoms with Crippen LogP contribution in [0.15, 0.2) is 73.2 Å². The number of aliphatic hydroxyl groups excluding tert-OH is 1. The molecule has 10 rings (SSSR count). The first-order valence-corrected chi connectivity index (χ1v) is 27.7. The number of anilines is 1. The van der Waals surface area contributed by atoms with Crippen LogP contribution in [-0.4, -0.2) is 147 Å². The quantitative estimate of drug-likeness (QED) is 0.0446. The number of aromatic nitrogens is 4. The van der Waals surface area contributed by atoms with E-state index >= 15 is 8.78 Å². The monoisotopic (exact) mass is 1100 g/mol. The number of aliphatic hydroxyl groups is 1.